The maximum Gasteiger partial charge on any atom is 0.443 e. The van der Waals surface area contributed by atoms with Crippen molar-refractivity contribution in [2.75, 3.05) is 0 Å². The van der Waals surface area contributed by atoms with Crippen molar-refractivity contribution in [1.29, 1.82) is 0 Å². The van der Waals surface area contributed by atoms with Crippen LogP contribution in [0.15, 0.2) is 0 Å². The summed E-state index contributed by atoms with van der Waals surface area (Å²) >= 11 is 0. The minimum absolute atomic E-state index is 0.307. The molecule has 2 saturated heterocycles. The number of carbonyl (C=O) groups is 3. The predicted molar refractivity (Wildman–Crippen MR) is 66.5 cm³/mol. The van der Waals surface area contributed by atoms with Crippen molar-refractivity contribution in [3.63, 3.8) is 0 Å². The number of hydrogen-bond acceptors (Lipinski definition) is 9. The SMILES string of the molecule is CCCCCC1(O)OC(=O)CC2(O)CC(=O)OC1(O)OC2=O. The van der Waals surface area contributed by atoms with E-state index in [-0.39, 0.29) is 6.42 Å². The molecule has 2 bridgehead atoms. The second kappa shape index (κ2) is 5.49. The molecular formula is C13H18O9. The number of rotatable bonds is 4. The molecule has 2 aliphatic rings. The van der Waals surface area contributed by atoms with Crippen LogP contribution in [0.1, 0.15) is 45.4 Å². The number of cyclic esters (lactones) is 1. The fraction of sp³-hybridized carbons (Fsp3) is 0.769. The van der Waals surface area contributed by atoms with E-state index >= 15 is 0 Å². The van der Waals surface area contributed by atoms with E-state index in [1.54, 1.807) is 0 Å². The summed E-state index contributed by atoms with van der Waals surface area (Å²) in [5.74, 6) is -9.74. The Kier molecular flexibility index (Phi) is 4.16. The lowest BCUT2D eigenvalue weighted by Crippen LogP contribution is -2.63. The third-order valence-electron chi connectivity index (χ3n) is 3.63. The first-order valence-electron chi connectivity index (χ1n) is 6.98. The molecule has 0 saturated carbocycles. The third-order valence-corrected chi connectivity index (χ3v) is 3.63. The van der Waals surface area contributed by atoms with Crippen LogP contribution in [0.4, 0.5) is 0 Å². The molecule has 9 nitrogen and oxygen atoms in total. The maximum absolute atomic E-state index is 11.9. The van der Waals surface area contributed by atoms with Gasteiger partial charge in [-0.3, -0.25) is 9.59 Å². The lowest BCUT2D eigenvalue weighted by molar-refractivity contribution is -0.445. The zero-order valence-electron chi connectivity index (χ0n) is 12.0. The monoisotopic (exact) mass is 318 g/mol. The molecule has 3 N–H and O–H groups in total. The summed E-state index contributed by atoms with van der Waals surface area (Å²) < 4.78 is 13.9. The fourth-order valence-corrected chi connectivity index (χ4v) is 2.39. The van der Waals surface area contributed by atoms with E-state index in [0.29, 0.717) is 12.8 Å². The molecule has 2 heterocycles. The molecule has 0 aliphatic carbocycles. The van der Waals surface area contributed by atoms with Gasteiger partial charge >= 0.3 is 29.7 Å². The van der Waals surface area contributed by atoms with Gasteiger partial charge in [-0.15, -0.1) is 0 Å². The van der Waals surface area contributed by atoms with Crippen molar-refractivity contribution in [3.05, 3.63) is 0 Å². The molecule has 124 valence electrons. The number of aliphatic hydroxyl groups is 3. The van der Waals surface area contributed by atoms with E-state index < -0.39 is 48.1 Å². The van der Waals surface area contributed by atoms with Crippen LogP contribution in [-0.4, -0.2) is 50.6 Å². The maximum atomic E-state index is 11.9. The van der Waals surface area contributed by atoms with Gasteiger partial charge in [0.15, 0.2) is 5.60 Å². The zero-order valence-corrected chi connectivity index (χ0v) is 12.0. The first-order chi connectivity index (χ1) is 10.1. The summed E-state index contributed by atoms with van der Waals surface area (Å²) in [4.78, 5) is 35.4. The van der Waals surface area contributed by atoms with E-state index in [4.69, 9.17) is 4.74 Å². The number of fused-ring (bicyclic) bond motifs is 3. The molecule has 0 aromatic heterocycles. The van der Waals surface area contributed by atoms with Crippen LogP contribution in [0.3, 0.4) is 0 Å². The van der Waals surface area contributed by atoms with Gasteiger partial charge in [-0.25, -0.2) is 4.79 Å². The van der Waals surface area contributed by atoms with E-state index in [1.165, 1.54) is 0 Å². The van der Waals surface area contributed by atoms with Crippen LogP contribution in [0, 0.1) is 0 Å². The normalized spacial score (nSPS) is 38.5. The van der Waals surface area contributed by atoms with Crippen molar-refractivity contribution in [2.24, 2.45) is 0 Å². The summed E-state index contributed by atoms with van der Waals surface area (Å²) in [5, 5.41) is 30.7. The number of carbonyl (C=O) groups excluding carboxylic acids is 3. The molecule has 2 fully saturated rings. The molecule has 0 radical (unpaired) electrons. The zero-order chi connectivity index (χ0) is 16.6. The van der Waals surface area contributed by atoms with Gasteiger partial charge in [0.25, 0.3) is 0 Å². The Morgan fingerprint density at radius 1 is 0.955 bits per heavy atom. The highest BCUT2D eigenvalue weighted by Gasteiger charge is 2.66. The molecule has 0 aromatic carbocycles. The highest BCUT2D eigenvalue weighted by molar-refractivity contribution is 5.92. The van der Waals surface area contributed by atoms with Crippen LogP contribution >= 0.6 is 0 Å². The van der Waals surface area contributed by atoms with Crippen LogP contribution in [0.25, 0.3) is 0 Å². The Bertz CT molecular complexity index is 504. The van der Waals surface area contributed by atoms with Gasteiger partial charge in [0.2, 0.25) is 0 Å². The predicted octanol–water partition coefficient (Wildman–Crippen LogP) is -0.931. The number of hydrogen-bond donors (Lipinski definition) is 3. The third kappa shape index (κ3) is 2.79. The van der Waals surface area contributed by atoms with Crippen LogP contribution in [0.5, 0.6) is 0 Å². The number of unbranched alkanes of at least 4 members (excludes halogenated alkanes) is 2. The molecule has 0 amide bonds. The van der Waals surface area contributed by atoms with E-state index in [0.717, 1.165) is 6.42 Å². The first kappa shape index (κ1) is 16.7. The topological polar surface area (TPSA) is 140 Å². The lowest BCUT2D eigenvalue weighted by Gasteiger charge is -2.40. The molecule has 2 rings (SSSR count). The van der Waals surface area contributed by atoms with Gasteiger partial charge in [-0.1, -0.05) is 19.8 Å². The largest absolute Gasteiger partial charge is 0.443 e. The van der Waals surface area contributed by atoms with Crippen molar-refractivity contribution in [3.8, 4) is 0 Å². The van der Waals surface area contributed by atoms with Crippen molar-refractivity contribution < 1.29 is 43.9 Å². The summed E-state index contributed by atoms with van der Waals surface area (Å²) in [6, 6.07) is 0. The fourth-order valence-electron chi connectivity index (χ4n) is 2.39. The van der Waals surface area contributed by atoms with E-state index in [2.05, 4.69) is 9.47 Å². The molecule has 2 aliphatic heterocycles. The quantitative estimate of drug-likeness (QED) is 0.443. The number of esters is 3. The first-order valence-corrected chi connectivity index (χ1v) is 6.98. The van der Waals surface area contributed by atoms with Gasteiger partial charge in [0.1, 0.15) is 0 Å². The molecular weight excluding hydrogens is 300 g/mol. The summed E-state index contributed by atoms with van der Waals surface area (Å²) in [7, 11) is 0. The van der Waals surface area contributed by atoms with Gasteiger partial charge in [0, 0.05) is 6.42 Å². The van der Waals surface area contributed by atoms with Crippen molar-refractivity contribution in [2.45, 2.75) is 62.8 Å². The standard InChI is InChI=1S/C13H18O9/c1-2-3-4-5-12(18)13(19)21-9(15)7-11(17,10(16)22-13)6-8(14)20-12/h17-19H,2-7H2,1H3. The van der Waals surface area contributed by atoms with Crippen molar-refractivity contribution in [1.82, 2.24) is 0 Å². The summed E-state index contributed by atoms with van der Waals surface area (Å²) in [6.45, 7) is 1.88. The van der Waals surface area contributed by atoms with Gasteiger partial charge in [0.05, 0.1) is 12.8 Å². The second-order valence-electron chi connectivity index (χ2n) is 5.55. The Labute approximate surface area is 125 Å². The Balaban J connectivity index is 2.41. The van der Waals surface area contributed by atoms with E-state index in [1.807, 2.05) is 6.92 Å². The summed E-state index contributed by atoms with van der Waals surface area (Å²) in [5.41, 5.74) is -2.50. The van der Waals surface area contributed by atoms with Crippen LogP contribution in [-0.2, 0) is 28.6 Å². The minimum Gasteiger partial charge on any atom is -0.422 e. The second-order valence-corrected chi connectivity index (χ2v) is 5.55. The minimum atomic E-state index is -3.20. The van der Waals surface area contributed by atoms with Gasteiger partial charge < -0.3 is 29.5 Å². The average Bonchev–Trinajstić information content (AvgIpc) is 2.42. The number of ether oxygens (including phenoxy) is 3. The smallest absolute Gasteiger partial charge is 0.422 e. The lowest BCUT2D eigenvalue weighted by atomic mass is 9.95. The highest BCUT2D eigenvalue weighted by Crippen LogP contribution is 2.40. The molecule has 0 aromatic rings. The average molecular weight is 318 g/mol. The van der Waals surface area contributed by atoms with Gasteiger partial charge in [-0.05, 0) is 6.42 Å². The van der Waals surface area contributed by atoms with Crippen LogP contribution < -0.4 is 0 Å². The molecule has 3 unspecified atom stereocenters. The Morgan fingerprint density at radius 2 is 1.55 bits per heavy atom. The van der Waals surface area contributed by atoms with Crippen LogP contribution in [0.2, 0.25) is 0 Å². The summed E-state index contributed by atoms with van der Waals surface area (Å²) in [6.07, 6.45) is -0.408. The van der Waals surface area contributed by atoms with Gasteiger partial charge in [-0.2, -0.15) is 0 Å². The Morgan fingerprint density at radius 3 is 2.14 bits per heavy atom. The molecule has 0 spiro atoms. The van der Waals surface area contributed by atoms with E-state index in [9.17, 15) is 29.7 Å². The highest BCUT2D eigenvalue weighted by atomic mass is 16.9. The molecule has 9 heteroatoms. The van der Waals surface area contributed by atoms with Crippen molar-refractivity contribution >= 4 is 17.9 Å². The Hall–Kier alpha value is -1.71. The molecule has 3 atom stereocenters. The molecule has 22 heavy (non-hydrogen) atoms.